The van der Waals surface area contributed by atoms with Crippen molar-refractivity contribution < 1.29 is 9.59 Å². The number of nitrogens with zero attached hydrogens (tertiary/aromatic N) is 1. The average molecular weight is 287 g/mol. The summed E-state index contributed by atoms with van der Waals surface area (Å²) >= 11 is 0. The van der Waals surface area contributed by atoms with E-state index in [1.165, 1.54) is 21.6 Å². The number of imide groups is 1. The molecule has 0 aromatic heterocycles. The van der Waals surface area contributed by atoms with Crippen LogP contribution < -0.4 is 10.6 Å². The van der Waals surface area contributed by atoms with Gasteiger partial charge in [-0.2, -0.15) is 0 Å². The number of hydrogen-bond acceptors (Lipinski definition) is 3. The summed E-state index contributed by atoms with van der Waals surface area (Å²) in [7, 11) is 0. The van der Waals surface area contributed by atoms with Gasteiger partial charge in [0.15, 0.2) is 0 Å². The number of rotatable bonds is 4. The van der Waals surface area contributed by atoms with Gasteiger partial charge in [-0.1, -0.05) is 25.1 Å². The fourth-order valence-electron chi connectivity index (χ4n) is 3.50. The van der Waals surface area contributed by atoms with Gasteiger partial charge in [0.05, 0.1) is 6.54 Å². The van der Waals surface area contributed by atoms with Crippen LogP contribution in [0.3, 0.4) is 0 Å². The second kappa shape index (κ2) is 5.48. The van der Waals surface area contributed by atoms with E-state index in [1.807, 2.05) is 0 Å². The third-order valence-electron chi connectivity index (χ3n) is 4.48. The third kappa shape index (κ3) is 2.53. The van der Waals surface area contributed by atoms with Gasteiger partial charge < -0.3 is 10.6 Å². The summed E-state index contributed by atoms with van der Waals surface area (Å²) in [5, 5.41) is 6.03. The summed E-state index contributed by atoms with van der Waals surface area (Å²) < 4.78 is 0. The Bertz CT molecular complexity index is 569. The van der Waals surface area contributed by atoms with Crippen LogP contribution in [0.5, 0.6) is 0 Å². The molecule has 112 valence electrons. The van der Waals surface area contributed by atoms with Crippen LogP contribution in [0, 0.1) is 6.92 Å². The highest BCUT2D eigenvalue weighted by atomic mass is 16.2. The lowest BCUT2D eigenvalue weighted by molar-refractivity contribution is -0.124. The van der Waals surface area contributed by atoms with E-state index < -0.39 is 0 Å². The molecule has 1 saturated heterocycles. The highest BCUT2D eigenvalue weighted by molar-refractivity contribution is 6.01. The minimum Gasteiger partial charge on any atom is -0.329 e. The van der Waals surface area contributed by atoms with E-state index in [9.17, 15) is 9.59 Å². The second-order valence-electron chi connectivity index (χ2n) is 5.93. The predicted molar refractivity (Wildman–Crippen MR) is 80.1 cm³/mol. The van der Waals surface area contributed by atoms with Crippen molar-refractivity contribution in [3.8, 4) is 0 Å². The number of amides is 3. The van der Waals surface area contributed by atoms with Gasteiger partial charge >= 0.3 is 6.03 Å². The van der Waals surface area contributed by atoms with Crippen LogP contribution in [0.25, 0.3) is 0 Å². The summed E-state index contributed by atoms with van der Waals surface area (Å²) in [6.45, 7) is 5.60. The van der Waals surface area contributed by atoms with E-state index in [-0.39, 0.29) is 18.5 Å². The number of fused-ring (bicyclic) bond motifs is 1. The van der Waals surface area contributed by atoms with Gasteiger partial charge in [-0.15, -0.1) is 0 Å². The standard InChI is InChI=1S/C16H21N3O2/c1-10-4-3-5-12-13(8-11(2)15(10)12)17-6-7-19-14(20)9-18-16(19)21/h3-5,11,13,17H,6-9H2,1-2H3,(H,18,21). The van der Waals surface area contributed by atoms with Crippen molar-refractivity contribution in [1.82, 2.24) is 15.5 Å². The first kappa shape index (κ1) is 14.1. The SMILES string of the molecule is Cc1cccc2c1C(C)CC2NCCN1C(=O)CNC1=O. The smallest absolute Gasteiger partial charge is 0.324 e. The molecule has 2 aliphatic rings. The van der Waals surface area contributed by atoms with Crippen molar-refractivity contribution in [2.75, 3.05) is 19.6 Å². The molecule has 2 N–H and O–H groups in total. The largest absolute Gasteiger partial charge is 0.329 e. The Kier molecular flexibility index (Phi) is 3.68. The minimum absolute atomic E-state index is 0.126. The summed E-state index contributed by atoms with van der Waals surface area (Å²) in [4.78, 5) is 24.3. The molecule has 5 heteroatoms. The lowest BCUT2D eigenvalue weighted by Gasteiger charge is -2.17. The molecule has 1 heterocycles. The second-order valence-corrected chi connectivity index (χ2v) is 5.93. The van der Waals surface area contributed by atoms with Crippen LogP contribution in [0.1, 0.15) is 42.0 Å². The summed E-state index contributed by atoms with van der Waals surface area (Å²) in [5.74, 6) is 0.410. The number of benzene rings is 1. The summed E-state index contributed by atoms with van der Waals surface area (Å²) in [6, 6.07) is 6.47. The van der Waals surface area contributed by atoms with Crippen molar-refractivity contribution >= 4 is 11.9 Å². The van der Waals surface area contributed by atoms with Crippen LogP contribution in [-0.4, -0.2) is 36.5 Å². The Hall–Kier alpha value is -1.88. The Morgan fingerprint density at radius 2 is 2.19 bits per heavy atom. The zero-order valence-corrected chi connectivity index (χ0v) is 12.5. The molecule has 5 nitrogen and oxygen atoms in total. The summed E-state index contributed by atoms with van der Waals surface area (Å²) in [5.41, 5.74) is 4.16. The van der Waals surface area contributed by atoms with Gasteiger partial charge in [0.2, 0.25) is 5.91 Å². The van der Waals surface area contributed by atoms with Gasteiger partial charge in [0.25, 0.3) is 0 Å². The molecule has 3 rings (SSSR count). The number of carbonyl (C=O) groups excluding carboxylic acids is 2. The highest BCUT2D eigenvalue weighted by Crippen LogP contribution is 2.41. The molecule has 1 aromatic carbocycles. The Morgan fingerprint density at radius 3 is 2.90 bits per heavy atom. The van der Waals surface area contributed by atoms with Crippen LogP contribution in [0.4, 0.5) is 4.79 Å². The molecular weight excluding hydrogens is 266 g/mol. The molecule has 1 aliphatic carbocycles. The quantitative estimate of drug-likeness (QED) is 0.828. The van der Waals surface area contributed by atoms with Gasteiger partial charge in [0.1, 0.15) is 0 Å². The monoisotopic (exact) mass is 287 g/mol. The molecule has 3 amide bonds. The van der Waals surface area contributed by atoms with Gasteiger partial charge in [-0.05, 0) is 36.0 Å². The molecule has 1 fully saturated rings. The lowest BCUT2D eigenvalue weighted by atomic mass is 9.98. The fourth-order valence-corrected chi connectivity index (χ4v) is 3.50. The average Bonchev–Trinajstić information content (AvgIpc) is 2.94. The molecule has 1 aromatic rings. The van der Waals surface area contributed by atoms with Gasteiger partial charge in [0, 0.05) is 19.1 Å². The predicted octanol–water partition coefficient (Wildman–Crippen LogP) is 1.68. The van der Waals surface area contributed by atoms with E-state index in [0.717, 1.165) is 6.42 Å². The van der Waals surface area contributed by atoms with E-state index in [0.29, 0.717) is 25.0 Å². The van der Waals surface area contributed by atoms with Crippen LogP contribution in [-0.2, 0) is 4.79 Å². The van der Waals surface area contributed by atoms with Gasteiger partial charge in [-0.3, -0.25) is 9.69 Å². The molecule has 0 spiro atoms. The first-order valence-electron chi connectivity index (χ1n) is 7.49. The Morgan fingerprint density at radius 1 is 1.38 bits per heavy atom. The van der Waals surface area contributed by atoms with Crippen molar-refractivity contribution in [1.29, 1.82) is 0 Å². The molecule has 1 aliphatic heterocycles. The maximum absolute atomic E-state index is 11.5. The minimum atomic E-state index is -0.280. The molecule has 0 radical (unpaired) electrons. The number of hydrogen-bond donors (Lipinski definition) is 2. The van der Waals surface area contributed by atoms with Crippen molar-refractivity contribution in [2.45, 2.75) is 32.2 Å². The van der Waals surface area contributed by atoms with Crippen LogP contribution >= 0.6 is 0 Å². The fraction of sp³-hybridized carbons (Fsp3) is 0.500. The number of carbonyl (C=O) groups is 2. The lowest BCUT2D eigenvalue weighted by Crippen LogP contribution is -2.37. The molecule has 2 unspecified atom stereocenters. The molecule has 21 heavy (non-hydrogen) atoms. The maximum Gasteiger partial charge on any atom is 0.324 e. The van der Waals surface area contributed by atoms with E-state index in [2.05, 4.69) is 42.7 Å². The number of nitrogens with one attached hydrogen (secondary N) is 2. The third-order valence-corrected chi connectivity index (χ3v) is 4.48. The van der Waals surface area contributed by atoms with Crippen molar-refractivity contribution in [3.05, 3.63) is 34.9 Å². The van der Waals surface area contributed by atoms with Crippen LogP contribution in [0.2, 0.25) is 0 Å². The zero-order valence-electron chi connectivity index (χ0n) is 12.5. The molecule has 0 bridgehead atoms. The molecular formula is C16H21N3O2. The number of urea groups is 1. The van der Waals surface area contributed by atoms with Gasteiger partial charge in [-0.25, -0.2) is 4.79 Å². The first-order chi connectivity index (χ1) is 10.1. The molecule has 0 saturated carbocycles. The summed E-state index contributed by atoms with van der Waals surface area (Å²) in [6.07, 6.45) is 1.07. The van der Waals surface area contributed by atoms with Crippen molar-refractivity contribution in [2.24, 2.45) is 0 Å². The Labute approximate surface area is 124 Å². The normalized spacial score (nSPS) is 24.4. The highest BCUT2D eigenvalue weighted by Gasteiger charge is 2.30. The van der Waals surface area contributed by atoms with Crippen molar-refractivity contribution in [3.63, 3.8) is 0 Å². The molecule has 2 atom stereocenters. The topological polar surface area (TPSA) is 61.4 Å². The van der Waals surface area contributed by atoms with Crippen LogP contribution in [0.15, 0.2) is 18.2 Å². The first-order valence-corrected chi connectivity index (χ1v) is 7.49. The van der Waals surface area contributed by atoms with E-state index in [4.69, 9.17) is 0 Å². The number of aryl methyl sites for hydroxylation is 1. The van der Waals surface area contributed by atoms with E-state index in [1.54, 1.807) is 0 Å². The zero-order chi connectivity index (χ0) is 15.0. The van der Waals surface area contributed by atoms with E-state index >= 15 is 0 Å². The maximum atomic E-state index is 11.5. The Balaban J connectivity index is 1.62.